The van der Waals surface area contributed by atoms with Gasteiger partial charge in [-0.1, -0.05) is 12.8 Å². The van der Waals surface area contributed by atoms with Crippen LogP contribution >= 0.6 is 0 Å². The number of H-pyrrole nitrogens is 1. The van der Waals surface area contributed by atoms with Crippen molar-refractivity contribution in [3.8, 4) is 0 Å². The van der Waals surface area contributed by atoms with E-state index >= 15 is 0 Å². The summed E-state index contributed by atoms with van der Waals surface area (Å²) >= 11 is 0. The molecular formula is C20H26N4O2. The smallest absolute Gasteiger partial charge is 0.255 e. The second-order valence-corrected chi connectivity index (χ2v) is 7.70. The Hall–Kier alpha value is -2.50. The number of rotatable bonds is 5. The third kappa shape index (κ3) is 3.28. The molecular weight excluding hydrogens is 328 g/mol. The first-order chi connectivity index (χ1) is 12.5. The Labute approximate surface area is 153 Å². The highest BCUT2D eigenvalue weighted by Gasteiger charge is 2.27. The fraction of sp³-hybridized carbons (Fsp3) is 0.500. The van der Waals surface area contributed by atoms with E-state index in [9.17, 15) is 9.59 Å². The molecule has 4 rings (SSSR count). The number of aromatic nitrogens is 1. The number of amides is 2. The van der Waals surface area contributed by atoms with E-state index in [4.69, 9.17) is 5.73 Å². The predicted molar refractivity (Wildman–Crippen MR) is 103 cm³/mol. The molecule has 0 saturated heterocycles. The molecule has 0 aliphatic heterocycles. The molecule has 2 aliphatic carbocycles. The summed E-state index contributed by atoms with van der Waals surface area (Å²) in [6, 6.07) is 5.94. The summed E-state index contributed by atoms with van der Waals surface area (Å²) in [5, 5.41) is 3.77. The Balaban J connectivity index is 1.55. The maximum atomic E-state index is 12.6. The predicted octanol–water partition coefficient (Wildman–Crippen LogP) is 3.19. The molecule has 2 aromatic rings. The summed E-state index contributed by atoms with van der Waals surface area (Å²) in [7, 11) is 1.81. The van der Waals surface area contributed by atoms with Crippen LogP contribution in [0.15, 0.2) is 18.2 Å². The van der Waals surface area contributed by atoms with E-state index in [-0.39, 0.29) is 17.9 Å². The van der Waals surface area contributed by atoms with Gasteiger partial charge in [0.25, 0.3) is 5.91 Å². The zero-order valence-corrected chi connectivity index (χ0v) is 15.2. The van der Waals surface area contributed by atoms with Crippen LogP contribution in [0.4, 0.5) is 11.5 Å². The molecule has 2 aliphatic rings. The first kappa shape index (κ1) is 16.9. The molecule has 26 heavy (non-hydrogen) atoms. The molecule has 1 heterocycles. The third-order valence-electron chi connectivity index (χ3n) is 5.65. The summed E-state index contributed by atoms with van der Waals surface area (Å²) < 4.78 is 0. The molecule has 2 amide bonds. The topological polar surface area (TPSA) is 91.2 Å². The van der Waals surface area contributed by atoms with Gasteiger partial charge in [-0.15, -0.1) is 0 Å². The van der Waals surface area contributed by atoms with Crippen LogP contribution in [0, 0.1) is 5.92 Å². The molecule has 0 spiro atoms. The first-order valence-corrected chi connectivity index (χ1v) is 9.51. The summed E-state index contributed by atoms with van der Waals surface area (Å²) in [6.07, 6.45) is 7.47. The van der Waals surface area contributed by atoms with E-state index < -0.39 is 0 Å². The molecule has 0 atom stereocenters. The fourth-order valence-corrected chi connectivity index (χ4v) is 3.89. The van der Waals surface area contributed by atoms with E-state index in [1.807, 2.05) is 25.2 Å². The number of nitrogen functional groups attached to an aromatic ring is 1. The maximum absolute atomic E-state index is 12.6. The Bertz CT molecular complexity index is 847. The average Bonchev–Trinajstić information content (AvgIpc) is 3.15. The largest absolute Gasteiger partial charge is 0.385 e. The number of benzene rings is 1. The van der Waals surface area contributed by atoms with E-state index in [2.05, 4.69) is 10.3 Å². The van der Waals surface area contributed by atoms with Crippen molar-refractivity contribution in [3.63, 3.8) is 0 Å². The van der Waals surface area contributed by atoms with Crippen molar-refractivity contribution in [1.82, 2.24) is 10.3 Å². The van der Waals surface area contributed by atoms with Crippen LogP contribution in [0.25, 0.3) is 10.9 Å². The number of nitrogens with zero attached hydrogens (tertiary/aromatic N) is 1. The first-order valence-electron chi connectivity index (χ1n) is 9.51. The number of nitrogens with one attached hydrogen (secondary N) is 2. The Morgan fingerprint density at radius 1 is 1.23 bits per heavy atom. The quantitative estimate of drug-likeness (QED) is 0.770. The molecule has 2 saturated carbocycles. The lowest BCUT2D eigenvalue weighted by atomic mass is 10.0. The van der Waals surface area contributed by atoms with Gasteiger partial charge in [0.2, 0.25) is 5.91 Å². The minimum atomic E-state index is -0.130. The van der Waals surface area contributed by atoms with Crippen molar-refractivity contribution < 1.29 is 9.59 Å². The highest BCUT2D eigenvalue weighted by Crippen LogP contribution is 2.31. The normalized spacial score (nSPS) is 17.6. The molecule has 4 N–H and O–H groups in total. The monoisotopic (exact) mass is 354 g/mol. The van der Waals surface area contributed by atoms with Crippen LogP contribution in [0.1, 0.15) is 55.3 Å². The standard InChI is InChI=1S/C20H26N4O2/c1-24(17(25)10-12-4-2-3-5-12)14-8-9-15-16(11-14)23-19(21)18(15)20(26)22-13-6-7-13/h8-9,11-13,23H,2-7,10,21H2,1H3,(H,22,26). The molecule has 1 aromatic carbocycles. The van der Waals surface area contributed by atoms with Crippen molar-refractivity contribution in [2.24, 2.45) is 5.92 Å². The number of carbonyl (C=O) groups is 2. The molecule has 0 radical (unpaired) electrons. The number of fused-ring (bicyclic) bond motifs is 1. The van der Waals surface area contributed by atoms with Gasteiger partial charge in [-0.25, -0.2) is 0 Å². The van der Waals surface area contributed by atoms with Crippen molar-refractivity contribution in [3.05, 3.63) is 23.8 Å². The maximum Gasteiger partial charge on any atom is 0.255 e. The van der Waals surface area contributed by atoms with Crippen molar-refractivity contribution in [1.29, 1.82) is 0 Å². The number of anilines is 2. The zero-order chi connectivity index (χ0) is 18.3. The Morgan fingerprint density at radius 2 is 1.96 bits per heavy atom. The van der Waals surface area contributed by atoms with Crippen LogP contribution in [0.2, 0.25) is 0 Å². The van der Waals surface area contributed by atoms with Gasteiger partial charge in [0.15, 0.2) is 0 Å². The van der Waals surface area contributed by atoms with Crippen LogP contribution in [-0.4, -0.2) is 29.9 Å². The number of hydrogen-bond donors (Lipinski definition) is 3. The lowest BCUT2D eigenvalue weighted by molar-refractivity contribution is -0.119. The number of aromatic amines is 1. The lowest BCUT2D eigenvalue weighted by Gasteiger charge is -2.19. The van der Waals surface area contributed by atoms with E-state index in [1.54, 1.807) is 4.90 Å². The van der Waals surface area contributed by atoms with Crippen LogP contribution < -0.4 is 16.0 Å². The van der Waals surface area contributed by atoms with Gasteiger partial charge < -0.3 is 20.9 Å². The lowest BCUT2D eigenvalue weighted by Crippen LogP contribution is -2.27. The molecule has 1 aromatic heterocycles. The highest BCUT2D eigenvalue weighted by atomic mass is 16.2. The SMILES string of the molecule is CN(C(=O)CC1CCCC1)c1ccc2c(C(=O)NC3CC3)c(N)[nH]c2c1. The highest BCUT2D eigenvalue weighted by molar-refractivity contribution is 6.12. The number of carbonyl (C=O) groups excluding carboxylic acids is 2. The van der Waals surface area contributed by atoms with Crippen LogP contribution in [0.5, 0.6) is 0 Å². The second-order valence-electron chi connectivity index (χ2n) is 7.70. The van der Waals surface area contributed by atoms with Crippen molar-refractivity contribution in [2.45, 2.75) is 51.0 Å². The molecule has 138 valence electrons. The Kier molecular flexibility index (Phi) is 4.34. The van der Waals surface area contributed by atoms with Gasteiger partial charge in [-0.2, -0.15) is 0 Å². The zero-order valence-electron chi connectivity index (χ0n) is 15.2. The van der Waals surface area contributed by atoms with Gasteiger partial charge in [0.1, 0.15) is 5.82 Å². The van der Waals surface area contributed by atoms with Gasteiger partial charge >= 0.3 is 0 Å². The van der Waals surface area contributed by atoms with Gasteiger partial charge in [0.05, 0.1) is 5.56 Å². The fourth-order valence-electron chi connectivity index (χ4n) is 3.89. The van der Waals surface area contributed by atoms with E-state index in [0.29, 0.717) is 23.7 Å². The van der Waals surface area contributed by atoms with Crippen LogP contribution in [0.3, 0.4) is 0 Å². The summed E-state index contributed by atoms with van der Waals surface area (Å²) in [5.41, 5.74) is 8.14. The molecule has 0 unspecified atom stereocenters. The number of hydrogen-bond acceptors (Lipinski definition) is 3. The second kappa shape index (κ2) is 6.67. The molecule has 2 fully saturated rings. The van der Waals surface area contributed by atoms with Crippen LogP contribution in [-0.2, 0) is 4.79 Å². The summed E-state index contributed by atoms with van der Waals surface area (Å²) in [6.45, 7) is 0. The number of nitrogens with two attached hydrogens (primary N) is 1. The molecule has 6 nitrogen and oxygen atoms in total. The summed E-state index contributed by atoms with van der Waals surface area (Å²) in [5.74, 6) is 0.903. The summed E-state index contributed by atoms with van der Waals surface area (Å²) in [4.78, 5) is 29.8. The minimum absolute atomic E-state index is 0.130. The van der Waals surface area contributed by atoms with Gasteiger partial charge in [-0.05, 0) is 49.8 Å². The van der Waals surface area contributed by atoms with Gasteiger partial charge in [-0.3, -0.25) is 9.59 Å². The average molecular weight is 354 g/mol. The van der Waals surface area contributed by atoms with E-state index in [0.717, 1.165) is 42.3 Å². The minimum Gasteiger partial charge on any atom is -0.385 e. The van der Waals surface area contributed by atoms with Crippen molar-refractivity contribution in [2.75, 3.05) is 17.7 Å². The van der Waals surface area contributed by atoms with E-state index in [1.165, 1.54) is 12.8 Å². The Morgan fingerprint density at radius 3 is 2.65 bits per heavy atom. The van der Waals surface area contributed by atoms with Crippen molar-refractivity contribution >= 4 is 34.2 Å². The van der Waals surface area contributed by atoms with Gasteiger partial charge in [0, 0.05) is 36.1 Å². The molecule has 0 bridgehead atoms. The third-order valence-corrected chi connectivity index (χ3v) is 5.65. The molecule has 6 heteroatoms.